The van der Waals surface area contributed by atoms with Crippen molar-refractivity contribution in [2.75, 3.05) is 18.4 Å². The van der Waals surface area contributed by atoms with Gasteiger partial charge in [-0.2, -0.15) is 0 Å². The molecule has 0 bridgehead atoms. The van der Waals surface area contributed by atoms with E-state index in [-0.39, 0.29) is 29.3 Å². The number of nitrogens with one attached hydrogen (secondary N) is 3. The van der Waals surface area contributed by atoms with Gasteiger partial charge < -0.3 is 10.6 Å². The third kappa shape index (κ3) is 4.91. The summed E-state index contributed by atoms with van der Waals surface area (Å²) in [4.78, 5) is 12.2. The van der Waals surface area contributed by atoms with Gasteiger partial charge in [0, 0.05) is 12.2 Å². The molecule has 0 radical (unpaired) electrons. The van der Waals surface area contributed by atoms with Crippen molar-refractivity contribution in [1.82, 2.24) is 10.0 Å². The normalized spacial score (nSPS) is 20.8. The highest BCUT2D eigenvalue weighted by Crippen LogP contribution is 2.28. The van der Waals surface area contributed by atoms with Crippen LogP contribution in [0.4, 0.5) is 5.69 Å². The van der Waals surface area contributed by atoms with Crippen LogP contribution in [-0.4, -0.2) is 33.5 Å². The average molecular weight is 360 g/mol. The third-order valence-electron chi connectivity index (χ3n) is 4.07. The van der Waals surface area contributed by atoms with E-state index in [2.05, 4.69) is 15.4 Å². The van der Waals surface area contributed by atoms with Gasteiger partial charge in [-0.1, -0.05) is 0 Å². The smallest absolute Gasteiger partial charge is 0.241 e. The number of carbonyl (C=O) groups is 1. The highest BCUT2D eigenvalue weighted by atomic mass is 35.5. The second-order valence-electron chi connectivity index (χ2n) is 5.96. The van der Waals surface area contributed by atoms with Gasteiger partial charge in [0.2, 0.25) is 15.9 Å². The molecule has 0 spiro atoms. The quantitative estimate of drug-likeness (QED) is 0.718. The molecule has 1 unspecified atom stereocenters. The van der Waals surface area contributed by atoms with E-state index < -0.39 is 10.0 Å². The Morgan fingerprint density at radius 1 is 1.17 bits per heavy atom. The Bertz CT molecular complexity index is 638. The van der Waals surface area contributed by atoms with E-state index >= 15 is 0 Å². The molecule has 6 nitrogen and oxygen atoms in total. The number of hydrogen-bond donors (Lipinski definition) is 3. The summed E-state index contributed by atoms with van der Waals surface area (Å²) in [6.45, 7) is 1.37. The monoisotopic (exact) mass is 359 g/mol. The molecule has 8 heteroatoms. The molecular formula is C15H22ClN3O3S. The molecule has 2 fully saturated rings. The standard InChI is InChI=1S/C15H21N3O3S.ClH/c19-15(14-2-1-9-16-14)18-12-5-7-13(8-6-12)22(20,21)17-10-11-3-4-11;/h5-8,11,14,16-17H,1-4,9-10H2,(H,18,19);1H. The summed E-state index contributed by atoms with van der Waals surface area (Å²) in [5.41, 5.74) is 0.611. The van der Waals surface area contributed by atoms with Gasteiger partial charge >= 0.3 is 0 Å². The Morgan fingerprint density at radius 2 is 1.87 bits per heavy atom. The van der Waals surface area contributed by atoms with Crippen LogP contribution in [0, 0.1) is 5.92 Å². The third-order valence-corrected chi connectivity index (χ3v) is 5.51. The molecule has 3 N–H and O–H groups in total. The van der Waals surface area contributed by atoms with Gasteiger partial charge in [-0.05, 0) is 62.4 Å². The number of sulfonamides is 1. The molecule has 1 aliphatic heterocycles. The van der Waals surface area contributed by atoms with Crippen LogP contribution >= 0.6 is 12.4 Å². The largest absolute Gasteiger partial charge is 0.325 e. The molecule has 128 valence electrons. The molecule has 0 aromatic heterocycles. The predicted molar refractivity (Wildman–Crippen MR) is 91.3 cm³/mol. The minimum atomic E-state index is -3.45. The van der Waals surface area contributed by atoms with Crippen molar-refractivity contribution >= 4 is 34.0 Å². The molecule has 1 heterocycles. The zero-order valence-corrected chi connectivity index (χ0v) is 14.4. The summed E-state index contributed by atoms with van der Waals surface area (Å²) >= 11 is 0. The van der Waals surface area contributed by atoms with E-state index in [4.69, 9.17) is 0 Å². The van der Waals surface area contributed by atoms with Crippen LogP contribution in [0.2, 0.25) is 0 Å². The van der Waals surface area contributed by atoms with E-state index in [0.29, 0.717) is 18.2 Å². The summed E-state index contributed by atoms with van der Waals surface area (Å²) in [7, 11) is -3.45. The number of rotatable bonds is 6. The summed E-state index contributed by atoms with van der Waals surface area (Å²) in [5, 5.41) is 5.93. The Kier molecular flexibility index (Phi) is 6.02. The van der Waals surface area contributed by atoms with E-state index in [1.165, 1.54) is 12.1 Å². The van der Waals surface area contributed by atoms with E-state index in [1.807, 2.05) is 0 Å². The van der Waals surface area contributed by atoms with Crippen LogP contribution in [0.15, 0.2) is 29.2 Å². The van der Waals surface area contributed by atoms with Crippen LogP contribution in [0.25, 0.3) is 0 Å². The number of halogens is 1. The Morgan fingerprint density at radius 3 is 2.43 bits per heavy atom. The minimum absolute atomic E-state index is 0. The highest BCUT2D eigenvalue weighted by molar-refractivity contribution is 7.89. The number of anilines is 1. The lowest BCUT2D eigenvalue weighted by Gasteiger charge is -2.12. The summed E-state index contributed by atoms with van der Waals surface area (Å²) in [5.74, 6) is 0.423. The van der Waals surface area contributed by atoms with Crippen molar-refractivity contribution < 1.29 is 13.2 Å². The van der Waals surface area contributed by atoms with Crippen LogP contribution in [0.3, 0.4) is 0 Å². The zero-order valence-electron chi connectivity index (χ0n) is 12.7. The van der Waals surface area contributed by atoms with Crippen molar-refractivity contribution in [2.45, 2.75) is 36.6 Å². The summed E-state index contributed by atoms with van der Waals surface area (Å²) < 4.78 is 26.8. The molecule has 3 rings (SSSR count). The number of carbonyl (C=O) groups excluding carboxylic acids is 1. The fourth-order valence-corrected chi connectivity index (χ4v) is 3.60. The molecule has 2 aliphatic rings. The topological polar surface area (TPSA) is 87.3 Å². The van der Waals surface area contributed by atoms with Crippen LogP contribution < -0.4 is 15.4 Å². The maximum absolute atomic E-state index is 12.1. The fourth-order valence-electron chi connectivity index (χ4n) is 2.49. The lowest BCUT2D eigenvalue weighted by atomic mass is 10.2. The molecule has 1 aromatic carbocycles. The lowest BCUT2D eigenvalue weighted by Crippen LogP contribution is -2.35. The molecule has 1 saturated heterocycles. The SMILES string of the molecule is Cl.O=C(Nc1ccc(S(=O)(=O)NCC2CC2)cc1)C1CCCN1. The Hall–Kier alpha value is -1.15. The van der Waals surface area contributed by atoms with Crippen molar-refractivity contribution in [3.8, 4) is 0 Å². The van der Waals surface area contributed by atoms with Gasteiger partial charge in [0.25, 0.3) is 0 Å². The maximum Gasteiger partial charge on any atom is 0.241 e. The first kappa shape index (κ1) is 18.2. The second-order valence-corrected chi connectivity index (χ2v) is 7.72. The molecule has 1 atom stereocenters. The predicted octanol–water partition coefficient (Wildman–Crippen LogP) is 1.49. The van der Waals surface area contributed by atoms with Gasteiger partial charge in [-0.3, -0.25) is 4.79 Å². The molecule has 1 aromatic rings. The summed E-state index contributed by atoms with van der Waals surface area (Å²) in [6.07, 6.45) is 4.04. The fraction of sp³-hybridized carbons (Fsp3) is 0.533. The number of benzene rings is 1. The van der Waals surface area contributed by atoms with Gasteiger partial charge in [-0.25, -0.2) is 13.1 Å². The Balaban J connectivity index is 0.00000192. The van der Waals surface area contributed by atoms with Crippen molar-refractivity contribution in [2.24, 2.45) is 5.92 Å². The minimum Gasteiger partial charge on any atom is -0.325 e. The first-order chi connectivity index (χ1) is 10.5. The Labute approximate surface area is 142 Å². The van der Waals surface area contributed by atoms with Crippen LogP contribution in [0.5, 0.6) is 0 Å². The number of hydrogen-bond acceptors (Lipinski definition) is 4. The first-order valence-corrected chi connectivity index (χ1v) is 9.17. The van der Waals surface area contributed by atoms with Gasteiger partial charge in [-0.15, -0.1) is 12.4 Å². The van der Waals surface area contributed by atoms with Gasteiger partial charge in [0.05, 0.1) is 10.9 Å². The van der Waals surface area contributed by atoms with E-state index in [9.17, 15) is 13.2 Å². The van der Waals surface area contributed by atoms with Crippen LogP contribution in [-0.2, 0) is 14.8 Å². The molecule has 1 amide bonds. The van der Waals surface area contributed by atoms with Gasteiger partial charge in [0.1, 0.15) is 0 Å². The van der Waals surface area contributed by atoms with E-state index in [0.717, 1.165) is 32.2 Å². The first-order valence-electron chi connectivity index (χ1n) is 7.68. The molecular weight excluding hydrogens is 338 g/mol. The molecule has 1 aliphatic carbocycles. The van der Waals surface area contributed by atoms with E-state index in [1.54, 1.807) is 12.1 Å². The average Bonchev–Trinajstić information content (AvgIpc) is 3.17. The number of amides is 1. The summed E-state index contributed by atoms with van der Waals surface area (Å²) in [6, 6.07) is 6.14. The zero-order chi connectivity index (χ0) is 15.6. The maximum atomic E-state index is 12.1. The van der Waals surface area contributed by atoms with Crippen LogP contribution in [0.1, 0.15) is 25.7 Å². The van der Waals surface area contributed by atoms with Crippen molar-refractivity contribution in [3.63, 3.8) is 0 Å². The lowest BCUT2D eigenvalue weighted by molar-refractivity contribution is -0.117. The molecule has 23 heavy (non-hydrogen) atoms. The highest BCUT2D eigenvalue weighted by Gasteiger charge is 2.24. The van der Waals surface area contributed by atoms with Gasteiger partial charge in [0.15, 0.2) is 0 Å². The molecule has 1 saturated carbocycles. The van der Waals surface area contributed by atoms with Crippen molar-refractivity contribution in [1.29, 1.82) is 0 Å². The van der Waals surface area contributed by atoms with Crippen molar-refractivity contribution in [3.05, 3.63) is 24.3 Å². The second kappa shape index (κ2) is 7.61.